The Hall–Kier alpha value is -1.79. The minimum absolute atomic E-state index is 0.0617. The molecule has 3 rings (SSSR count). The summed E-state index contributed by atoms with van der Waals surface area (Å²) in [5.74, 6) is 1.62. The Bertz CT molecular complexity index is 565. The van der Waals surface area contributed by atoms with Crippen LogP contribution in [0.25, 0.3) is 11.5 Å². The predicted molar refractivity (Wildman–Crippen MR) is 67.9 cm³/mol. The SMILES string of the molecule is COC(c1noc(-c2ccnc(CN)c2)n1)C1CC1. The highest BCUT2D eigenvalue weighted by molar-refractivity contribution is 5.52. The van der Waals surface area contributed by atoms with Gasteiger partial charge in [0.1, 0.15) is 6.10 Å². The Balaban J connectivity index is 1.87. The van der Waals surface area contributed by atoms with E-state index in [1.807, 2.05) is 12.1 Å². The predicted octanol–water partition coefficient (Wildman–Crippen LogP) is 1.69. The maximum absolute atomic E-state index is 5.57. The highest BCUT2D eigenvalue weighted by atomic mass is 16.5. The van der Waals surface area contributed by atoms with Gasteiger partial charge >= 0.3 is 0 Å². The molecule has 2 N–H and O–H groups in total. The van der Waals surface area contributed by atoms with Gasteiger partial charge < -0.3 is 15.0 Å². The molecule has 1 unspecified atom stereocenters. The molecule has 19 heavy (non-hydrogen) atoms. The van der Waals surface area contributed by atoms with E-state index >= 15 is 0 Å². The highest BCUT2D eigenvalue weighted by Crippen LogP contribution is 2.42. The summed E-state index contributed by atoms with van der Waals surface area (Å²) >= 11 is 0. The summed E-state index contributed by atoms with van der Waals surface area (Å²) in [6, 6.07) is 3.69. The summed E-state index contributed by atoms with van der Waals surface area (Å²) in [6.45, 7) is 0.387. The van der Waals surface area contributed by atoms with Gasteiger partial charge in [-0.1, -0.05) is 5.16 Å². The zero-order valence-corrected chi connectivity index (χ0v) is 10.7. The minimum Gasteiger partial charge on any atom is -0.373 e. The second-order valence-electron chi connectivity index (χ2n) is 4.69. The van der Waals surface area contributed by atoms with Gasteiger partial charge in [-0.3, -0.25) is 4.98 Å². The standard InChI is InChI=1S/C13H16N4O2/c1-18-11(8-2-3-8)12-16-13(19-17-12)9-4-5-15-10(6-9)7-14/h4-6,8,11H,2-3,7,14H2,1H3. The van der Waals surface area contributed by atoms with Gasteiger partial charge in [-0.05, 0) is 30.9 Å². The second-order valence-corrected chi connectivity index (χ2v) is 4.69. The Morgan fingerprint density at radius 3 is 3.05 bits per heavy atom. The third-order valence-electron chi connectivity index (χ3n) is 3.27. The molecule has 6 nitrogen and oxygen atoms in total. The third kappa shape index (κ3) is 2.50. The van der Waals surface area contributed by atoms with Crippen LogP contribution in [-0.2, 0) is 11.3 Å². The first kappa shape index (κ1) is 12.3. The summed E-state index contributed by atoms with van der Waals surface area (Å²) in [7, 11) is 1.68. The molecular formula is C13H16N4O2. The van der Waals surface area contributed by atoms with Gasteiger partial charge in [0, 0.05) is 25.4 Å². The van der Waals surface area contributed by atoms with E-state index in [2.05, 4.69) is 15.1 Å². The van der Waals surface area contributed by atoms with Crippen LogP contribution in [0.5, 0.6) is 0 Å². The number of nitrogens with two attached hydrogens (primary N) is 1. The Kier molecular flexibility index (Phi) is 3.27. The van der Waals surface area contributed by atoms with Gasteiger partial charge in [0.2, 0.25) is 5.82 Å². The average molecular weight is 260 g/mol. The minimum atomic E-state index is -0.0617. The molecule has 1 fully saturated rings. The number of hydrogen-bond donors (Lipinski definition) is 1. The molecule has 0 saturated heterocycles. The molecule has 6 heteroatoms. The molecule has 2 aromatic heterocycles. The molecule has 0 spiro atoms. The first-order chi connectivity index (χ1) is 9.31. The molecule has 2 heterocycles. The van der Waals surface area contributed by atoms with Crippen molar-refractivity contribution in [2.24, 2.45) is 11.7 Å². The van der Waals surface area contributed by atoms with Crippen molar-refractivity contribution < 1.29 is 9.26 Å². The van der Waals surface area contributed by atoms with Crippen LogP contribution in [0, 0.1) is 5.92 Å². The monoisotopic (exact) mass is 260 g/mol. The van der Waals surface area contributed by atoms with E-state index in [1.54, 1.807) is 13.3 Å². The Morgan fingerprint density at radius 2 is 2.37 bits per heavy atom. The van der Waals surface area contributed by atoms with E-state index < -0.39 is 0 Å². The van der Waals surface area contributed by atoms with Gasteiger partial charge in [0.05, 0.1) is 5.69 Å². The maximum atomic E-state index is 5.57. The fourth-order valence-electron chi connectivity index (χ4n) is 2.10. The van der Waals surface area contributed by atoms with Crippen LogP contribution in [0.3, 0.4) is 0 Å². The van der Waals surface area contributed by atoms with Crippen LogP contribution >= 0.6 is 0 Å². The van der Waals surface area contributed by atoms with E-state index in [-0.39, 0.29) is 6.10 Å². The number of hydrogen-bond acceptors (Lipinski definition) is 6. The van der Waals surface area contributed by atoms with Gasteiger partial charge in [-0.2, -0.15) is 4.98 Å². The number of aromatic nitrogens is 3. The van der Waals surface area contributed by atoms with E-state index in [9.17, 15) is 0 Å². The largest absolute Gasteiger partial charge is 0.373 e. The molecule has 2 aromatic rings. The van der Waals surface area contributed by atoms with E-state index in [4.69, 9.17) is 15.0 Å². The van der Waals surface area contributed by atoms with Crippen molar-refractivity contribution in [3.8, 4) is 11.5 Å². The van der Waals surface area contributed by atoms with Crippen LogP contribution < -0.4 is 5.73 Å². The van der Waals surface area contributed by atoms with Gasteiger partial charge in [-0.15, -0.1) is 0 Å². The number of pyridine rings is 1. The molecule has 1 aliphatic carbocycles. The molecule has 0 radical (unpaired) electrons. The van der Waals surface area contributed by atoms with Crippen molar-refractivity contribution in [2.75, 3.05) is 7.11 Å². The Morgan fingerprint density at radius 1 is 1.53 bits per heavy atom. The first-order valence-electron chi connectivity index (χ1n) is 6.33. The zero-order valence-electron chi connectivity index (χ0n) is 10.7. The molecule has 1 atom stereocenters. The lowest BCUT2D eigenvalue weighted by atomic mass is 10.2. The summed E-state index contributed by atoms with van der Waals surface area (Å²) in [5, 5.41) is 4.02. The lowest BCUT2D eigenvalue weighted by molar-refractivity contribution is 0.0751. The van der Waals surface area contributed by atoms with Crippen LogP contribution in [0.1, 0.15) is 30.5 Å². The molecule has 0 aliphatic heterocycles. The maximum Gasteiger partial charge on any atom is 0.258 e. The van der Waals surface area contributed by atoms with Gasteiger partial charge in [-0.25, -0.2) is 0 Å². The first-order valence-corrected chi connectivity index (χ1v) is 6.33. The van der Waals surface area contributed by atoms with Crippen molar-refractivity contribution in [1.82, 2.24) is 15.1 Å². The molecule has 1 aliphatic rings. The molecular weight excluding hydrogens is 244 g/mol. The molecule has 0 bridgehead atoms. The molecule has 0 amide bonds. The van der Waals surface area contributed by atoms with Crippen molar-refractivity contribution in [3.63, 3.8) is 0 Å². The van der Waals surface area contributed by atoms with Crippen LogP contribution in [0.2, 0.25) is 0 Å². The number of rotatable bonds is 5. The summed E-state index contributed by atoms with van der Waals surface area (Å²) in [5.41, 5.74) is 7.20. The van der Waals surface area contributed by atoms with E-state index in [1.165, 1.54) is 0 Å². The fraction of sp³-hybridized carbons (Fsp3) is 0.462. The second kappa shape index (κ2) is 5.07. The molecule has 0 aromatic carbocycles. The summed E-state index contributed by atoms with van der Waals surface area (Å²) < 4.78 is 10.7. The fourth-order valence-corrected chi connectivity index (χ4v) is 2.10. The zero-order chi connectivity index (χ0) is 13.2. The number of ether oxygens (including phenoxy) is 1. The Labute approximate surface area is 111 Å². The van der Waals surface area contributed by atoms with Gasteiger partial charge in [0.25, 0.3) is 5.89 Å². The van der Waals surface area contributed by atoms with Crippen molar-refractivity contribution in [3.05, 3.63) is 29.8 Å². The number of methoxy groups -OCH3 is 1. The topological polar surface area (TPSA) is 87.1 Å². The van der Waals surface area contributed by atoms with Crippen molar-refractivity contribution in [2.45, 2.75) is 25.5 Å². The van der Waals surface area contributed by atoms with Gasteiger partial charge in [0.15, 0.2) is 0 Å². The lowest BCUT2D eigenvalue weighted by Gasteiger charge is -2.08. The number of nitrogens with zero attached hydrogens (tertiary/aromatic N) is 3. The van der Waals surface area contributed by atoms with E-state index in [0.717, 1.165) is 24.1 Å². The highest BCUT2D eigenvalue weighted by Gasteiger charge is 2.35. The van der Waals surface area contributed by atoms with Crippen molar-refractivity contribution in [1.29, 1.82) is 0 Å². The quantitative estimate of drug-likeness (QED) is 0.880. The van der Waals surface area contributed by atoms with Crippen LogP contribution in [0.4, 0.5) is 0 Å². The lowest BCUT2D eigenvalue weighted by Crippen LogP contribution is -2.05. The summed E-state index contributed by atoms with van der Waals surface area (Å²) in [6.07, 6.45) is 3.95. The average Bonchev–Trinajstić information content (AvgIpc) is 3.17. The van der Waals surface area contributed by atoms with Crippen LogP contribution in [0.15, 0.2) is 22.9 Å². The molecule has 100 valence electrons. The van der Waals surface area contributed by atoms with Crippen LogP contribution in [-0.4, -0.2) is 22.2 Å². The van der Waals surface area contributed by atoms with Crippen molar-refractivity contribution >= 4 is 0 Å². The molecule has 1 saturated carbocycles. The summed E-state index contributed by atoms with van der Waals surface area (Å²) in [4.78, 5) is 8.56. The van der Waals surface area contributed by atoms with E-state index in [0.29, 0.717) is 24.2 Å². The smallest absolute Gasteiger partial charge is 0.258 e. The third-order valence-corrected chi connectivity index (χ3v) is 3.27. The normalized spacial score (nSPS) is 16.5.